The van der Waals surface area contributed by atoms with Gasteiger partial charge in [0.15, 0.2) is 12.6 Å². The lowest BCUT2D eigenvalue weighted by molar-refractivity contribution is -0.342. The number of nitrogens with two attached hydrogens (primary N) is 2. The van der Waals surface area contributed by atoms with Gasteiger partial charge in [-0.05, 0) is 0 Å². The van der Waals surface area contributed by atoms with Crippen molar-refractivity contribution in [2.75, 3.05) is 66.1 Å². The zero-order valence-electron chi connectivity index (χ0n) is 25.7. The lowest BCUT2D eigenvalue weighted by Gasteiger charge is -2.49. The predicted molar refractivity (Wildman–Crippen MR) is 151 cm³/mol. The highest BCUT2D eigenvalue weighted by Gasteiger charge is 2.52. The van der Waals surface area contributed by atoms with Crippen LogP contribution in [0.1, 0.15) is 13.8 Å². The highest BCUT2D eigenvalue weighted by Crippen LogP contribution is 2.33. The van der Waals surface area contributed by atoms with Gasteiger partial charge < -0.3 is 85.3 Å². The van der Waals surface area contributed by atoms with Crippen molar-refractivity contribution in [3.8, 4) is 0 Å². The number of hydrogen-bond acceptors (Lipinski definition) is 17. The van der Waals surface area contributed by atoms with Crippen LogP contribution in [0.25, 0.3) is 0 Å². The van der Waals surface area contributed by atoms with Crippen LogP contribution in [0.2, 0.25) is 0 Å². The topological polar surface area (TPSA) is 276 Å². The fourth-order valence-electron chi connectivity index (χ4n) is 5.46. The summed E-state index contributed by atoms with van der Waals surface area (Å²) in [6.45, 7) is 1.96. The summed E-state index contributed by atoms with van der Waals surface area (Å²) in [6, 6.07) is -3.15. The molecule has 0 aromatic rings. The van der Waals surface area contributed by atoms with E-state index in [1.807, 2.05) is 0 Å². The van der Waals surface area contributed by atoms with E-state index in [9.17, 15) is 25.2 Å². The number of amides is 1. The summed E-state index contributed by atoms with van der Waals surface area (Å²) in [5, 5.41) is 63.4. The van der Waals surface area contributed by atoms with Crippen molar-refractivity contribution >= 4 is 5.91 Å². The van der Waals surface area contributed by atoms with E-state index >= 15 is 0 Å². The Morgan fingerprint density at radius 1 is 0.778 bits per heavy atom. The van der Waals surface area contributed by atoms with Crippen LogP contribution in [-0.2, 0) is 42.7 Å². The van der Waals surface area contributed by atoms with Gasteiger partial charge in [-0.1, -0.05) is 6.92 Å². The van der Waals surface area contributed by atoms with Crippen molar-refractivity contribution in [1.82, 2.24) is 5.32 Å². The van der Waals surface area contributed by atoms with Crippen LogP contribution in [0.5, 0.6) is 0 Å². The molecule has 3 aliphatic rings. The SMILES string of the molecule is CC(=O)NC1C(O)[C@H](O[C@@H]2OC(COCCO)[C@H](C)[C@H](O)C2N)[C@H](COCCO)O[C@H]1O[C@@H]1C(COCCO)OCC(N)[C@H]1O. The third-order valence-electron chi connectivity index (χ3n) is 7.97. The van der Waals surface area contributed by atoms with Gasteiger partial charge in [-0.15, -0.1) is 0 Å². The molecule has 3 aliphatic heterocycles. The van der Waals surface area contributed by atoms with Gasteiger partial charge in [-0.2, -0.15) is 0 Å². The molecule has 14 atom stereocenters. The van der Waals surface area contributed by atoms with Crippen LogP contribution in [-0.4, -0.2) is 182 Å². The molecule has 264 valence electrons. The van der Waals surface area contributed by atoms with Crippen LogP contribution in [0, 0.1) is 5.92 Å². The molecule has 0 bridgehead atoms. The van der Waals surface area contributed by atoms with E-state index in [1.165, 1.54) is 6.92 Å². The summed E-state index contributed by atoms with van der Waals surface area (Å²) in [5.41, 5.74) is 12.3. The Morgan fingerprint density at radius 2 is 1.29 bits per heavy atom. The first kappa shape index (κ1) is 38.3. The number of carbonyl (C=O) groups is 1. The standard InChI is InChI=1S/C27H51N3O15/c1-13-16(10-38-6-3-31)42-26(19(29)21(13)35)44-25-18(12-40-8-5-33)43-27(20(23(25)37)30-14(2)34)45-24-17(11-39-7-4-32)41-9-15(28)22(24)36/h13,15-27,31-33,35-37H,3-12,28-29H2,1-2H3,(H,30,34)/t13-,15?,16?,17?,18-,19?,20?,21-,22+,23?,24+,25+,26-,27-/m0/s1. The van der Waals surface area contributed by atoms with Crippen molar-refractivity contribution in [1.29, 1.82) is 0 Å². The fourth-order valence-corrected chi connectivity index (χ4v) is 5.46. The highest BCUT2D eigenvalue weighted by atomic mass is 16.7. The van der Waals surface area contributed by atoms with Crippen LogP contribution >= 0.6 is 0 Å². The molecule has 3 rings (SSSR count). The van der Waals surface area contributed by atoms with E-state index in [1.54, 1.807) is 6.92 Å². The molecule has 0 aromatic heterocycles. The molecule has 3 saturated heterocycles. The minimum absolute atomic E-state index is 0.00311. The first-order valence-corrected chi connectivity index (χ1v) is 15.2. The third kappa shape index (κ3) is 10.4. The van der Waals surface area contributed by atoms with Crippen LogP contribution < -0.4 is 16.8 Å². The van der Waals surface area contributed by atoms with Gasteiger partial charge in [0.05, 0.1) is 90.4 Å². The van der Waals surface area contributed by atoms with Crippen LogP contribution in [0.15, 0.2) is 0 Å². The number of carbonyl (C=O) groups excluding carboxylic acids is 1. The Balaban J connectivity index is 1.86. The van der Waals surface area contributed by atoms with Gasteiger partial charge in [-0.3, -0.25) is 4.79 Å². The Bertz CT molecular complexity index is 864. The van der Waals surface area contributed by atoms with Gasteiger partial charge in [-0.25, -0.2) is 0 Å². The molecule has 0 aliphatic carbocycles. The first-order chi connectivity index (χ1) is 21.5. The molecule has 3 heterocycles. The molecule has 18 nitrogen and oxygen atoms in total. The summed E-state index contributed by atoms with van der Waals surface area (Å²) in [6.07, 6.45) is -11.6. The molecule has 6 unspecified atom stereocenters. The quantitative estimate of drug-likeness (QED) is 0.0660. The molecule has 11 N–H and O–H groups in total. The maximum absolute atomic E-state index is 12.3. The number of hydrogen-bond donors (Lipinski definition) is 9. The number of ether oxygens (including phenoxy) is 8. The largest absolute Gasteiger partial charge is 0.394 e. The Kier molecular flexibility index (Phi) is 16.1. The normalized spacial score (nSPS) is 40.8. The maximum atomic E-state index is 12.3. The summed E-state index contributed by atoms with van der Waals surface area (Å²) >= 11 is 0. The van der Waals surface area contributed by atoms with Gasteiger partial charge >= 0.3 is 0 Å². The molecule has 0 aromatic carbocycles. The van der Waals surface area contributed by atoms with E-state index in [2.05, 4.69) is 5.32 Å². The van der Waals surface area contributed by atoms with Crippen molar-refractivity contribution in [3.63, 3.8) is 0 Å². The van der Waals surface area contributed by atoms with Crippen molar-refractivity contribution in [3.05, 3.63) is 0 Å². The smallest absolute Gasteiger partial charge is 0.217 e. The summed E-state index contributed by atoms with van der Waals surface area (Å²) in [7, 11) is 0. The average Bonchev–Trinajstić information content (AvgIpc) is 3.01. The van der Waals surface area contributed by atoms with E-state index < -0.39 is 91.4 Å². The monoisotopic (exact) mass is 657 g/mol. The average molecular weight is 658 g/mol. The lowest BCUT2D eigenvalue weighted by Crippen LogP contribution is -2.69. The van der Waals surface area contributed by atoms with E-state index in [0.717, 1.165) is 0 Å². The van der Waals surface area contributed by atoms with Crippen molar-refractivity contribution < 1.29 is 73.3 Å². The Labute approximate surface area is 261 Å². The third-order valence-corrected chi connectivity index (χ3v) is 7.97. The number of rotatable bonds is 17. The summed E-state index contributed by atoms with van der Waals surface area (Å²) in [4.78, 5) is 12.3. The minimum Gasteiger partial charge on any atom is -0.394 e. The number of nitrogens with one attached hydrogen (secondary N) is 1. The fraction of sp³-hybridized carbons (Fsp3) is 0.963. The molecule has 0 saturated carbocycles. The highest BCUT2D eigenvalue weighted by molar-refractivity contribution is 5.73. The van der Waals surface area contributed by atoms with Crippen molar-refractivity contribution in [2.45, 2.75) is 93.4 Å². The Morgan fingerprint density at radius 3 is 1.87 bits per heavy atom. The van der Waals surface area contributed by atoms with Crippen LogP contribution in [0.3, 0.4) is 0 Å². The van der Waals surface area contributed by atoms with Crippen LogP contribution in [0.4, 0.5) is 0 Å². The molecule has 45 heavy (non-hydrogen) atoms. The Hall–Kier alpha value is -1.17. The number of aliphatic hydroxyl groups excluding tert-OH is 6. The van der Waals surface area contributed by atoms with E-state index in [4.69, 9.17) is 59.6 Å². The van der Waals surface area contributed by atoms with Gasteiger partial charge in [0.25, 0.3) is 0 Å². The van der Waals surface area contributed by atoms with E-state index in [0.29, 0.717) is 0 Å². The molecule has 0 spiro atoms. The maximum Gasteiger partial charge on any atom is 0.217 e. The zero-order valence-corrected chi connectivity index (χ0v) is 25.7. The molecule has 3 fully saturated rings. The minimum atomic E-state index is -1.54. The number of aliphatic hydroxyl groups is 6. The summed E-state index contributed by atoms with van der Waals surface area (Å²) < 4.78 is 46.6. The van der Waals surface area contributed by atoms with E-state index in [-0.39, 0.29) is 66.1 Å². The lowest BCUT2D eigenvalue weighted by atomic mass is 9.89. The zero-order chi connectivity index (χ0) is 33.1. The summed E-state index contributed by atoms with van der Waals surface area (Å²) in [5.74, 6) is -0.995. The second-order valence-corrected chi connectivity index (χ2v) is 11.4. The molecular formula is C27H51N3O15. The second kappa shape index (κ2) is 19.0. The van der Waals surface area contributed by atoms with Gasteiger partial charge in [0.2, 0.25) is 5.91 Å². The molecule has 18 heteroatoms. The second-order valence-electron chi connectivity index (χ2n) is 11.4. The van der Waals surface area contributed by atoms with Crippen molar-refractivity contribution in [2.24, 2.45) is 17.4 Å². The molecule has 1 amide bonds. The molecule has 0 radical (unpaired) electrons. The predicted octanol–water partition coefficient (Wildman–Crippen LogP) is -5.49. The van der Waals surface area contributed by atoms with Gasteiger partial charge in [0, 0.05) is 12.8 Å². The van der Waals surface area contributed by atoms with Gasteiger partial charge in [0.1, 0.15) is 42.7 Å². The molecular weight excluding hydrogens is 606 g/mol. The first-order valence-electron chi connectivity index (χ1n) is 15.2.